The summed E-state index contributed by atoms with van der Waals surface area (Å²) in [6.07, 6.45) is 3.64. The van der Waals surface area contributed by atoms with Gasteiger partial charge in [-0.1, -0.05) is 13.8 Å². The summed E-state index contributed by atoms with van der Waals surface area (Å²) in [6, 6.07) is 6.63. The highest BCUT2D eigenvalue weighted by Crippen LogP contribution is 2.31. The van der Waals surface area contributed by atoms with Gasteiger partial charge in [-0.25, -0.2) is 0 Å². The van der Waals surface area contributed by atoms with Crippen LogP contribution < -0.4 is 11.1 Å². The zero-order chi connectivity index (χ0) is 13.4. The van der Waals surface area contributed by atoms with E-state index in [9.17, 15) is 0 Å². The van der Waals surface area contributed by atoms with Gasteiger partial charge in [0.2, 0.25) is 0 Å². The summed E-state index contributed by atoms with van der Waals surface area (Å²) in [6.45, 7) is 4.66. The highest BCUT2D eigenvalue weighted by molar-refractivity contribution is 5.78. The number of aromatic nitrogens is 1. The van der Waals surface area contributed by atoms with Gasteiger partial charge in [-0.3, -0.25) is 0 Å². The van der Waals surface area contributed by atoms with E-state index in [-0.39, 0.29) is 0 Å². The number of nitrogen functional groups attached to an aromatic ring is 1. The molecule has 102 valence electrons. The molecule has 1 aromatic carbocycles. The lowest BCUT2D eigenvalue weighted by Gasteiger charge is -2.32. The number of rotatable bonds is 2. The van der Waals surface area contributed by atoms with Crippen LogP contribution in [0.2, 0.25) is 0 Å². The fraction of sp³-hybridized carbons (Fsp3) is 0.533. The maximum Gasteiger partial charge on any atom is 0.295 e. The molecule has 0 spiro atoms. The van der Waals surface area contributed by atoms with Crippen LogP contribution in [-0.2, 0) is 0 Å². The Balaban J connectivity index is 1.74. The summed E-state index contributed by atoms with van der Waals surface area (Å²) in [4.78, 5) is 4.45. The van der Waals surface area contributed by atoms with Crippen LogP contribution in [0.15, 0.2) is 22.6 Å². The Morgan fingerprint density at radius 2 is 2.11 bits per heavy atom. The van der Waals surface area contributed by atoms with Crippen LogP contribution in [-0.4, -0.2) is 11.0 Å². The maximum atomic E-state index is 5.75. The summed E-state index contributed by atoms with van der Waals surface area (Å²) in [5, 5.41) is 3.42. The van der Waals surface area contributed by atoms with Crippen molar-refractivity contribution in [2.24, 2.45) is 11.8 Å². The molecule has 1 aliphatic carbocycles. The molecule has 4 heteroatoms. The molecule has 1 saturated carbocycles. The van der Waals surface area contributed by atoms with E-state index in [0.29, 0.717) is 17.7 Å². The second-order valence-corrected chi connectivity index (χ2v) is 5.86. The predicted molar refractivity (Wildman–Crippen MR) is 78.0 cm³/mol. The summed E-state index contributed by atoms with van der Waals surface area (Å²) in [5.41, 5.74) is 8.07. The fourth-order valence-electron chi connectivity index (χ4n) is 2.86. The van der Waals surface area contributed by atoms with Gasteiger partial charge in [-0.2, -0.15) is 4.98 Å². The molecule has 0 amide bonds. The Kier molecular flexibility index (Phi) is 3.09. The lowest BCUT2D eigenvalue weighted by atomic mass is 9.79. The van der Waals surface area contributed by atoms with Crippen LogP contribution in [0.4, 0.5) is 11.7 Å². The fourth-order valence-corrected chi connectivity index (χ4v) is 2.86. The number of nitrogens with two attached hydrogens (primary N) is 1. The Hall–Kier alpha value is -1.71. The topological polar surface area (TPSA) is 64.1 Å². The number of anilines is 2. The van der Waals surface area contributed by atoms with Crippen LogP contribution in [0.3, 0.4) is 0 Å². The zero-order valence-corrected chi connectivity index (χ0v) is 11.5. The molecule has 3 unspecified atom stereocenters. The van der Waals surface area contributed by atoms with Crippen molar-refractivity contribution in [3.63, 3.8) is 0 Å². The number of oxazole rings is 1. The van der Waals surface area contributed by atoms with Gasteiger partial charge in [0.15, 0.2) is 5.58 Å². The molecule has 4 nitrogen and oxygen atoms in total. The van der Waals surface area contributed by atoms with E-state index in [0.717, 1.165) is 22.9 Å². The first kappa shape index (κ1) is 12.3. The molecule has 3 rings (SSSR count). The normalized spacial score (nSPS) is 27.6. The van der Waals surface area contributed by atoms with Crippen molar-refractivity contribution >= 4 is 22.8 Å². The van der Waals surface area contributed by atoms with Gasteiger partial charge < -0.3 is 15.5 Å². The van der Waals surface area contributed by atoms with Gasteiger partial charge >= 0.3 is 0 Å². The van der Waals surface area contributed by atoms with E-state index in [2.05, 4.69) is 24.1 Å². The van der Waals surface area contributed by atoms with E-state index in [1.165, 1.54) is 19.3 Å². The molecule has 0 bridgehead atoms. The minimum absolute atomic E-state index is 0.469. The third kappa shape index (κ3) is 2.53. The van der Waals surface area contributed by atoms with Crippen LogP contribution in [0.5, 0.6) is 0 Å². The molecular formula is C15H21N3O. The first-order valence-corrected chi connectivity index (χ1v) is 7.04. The number of benzene rings is 1. The Morgan fingerprint density at radius 1 is 1.26 bits per heavy atom. The second-order valence-electron chi connectivity index (χ2n) is 5.86. The van der Waals surface area contributed by atoms with Crippen molar-refractivity contribution in [3.05, 3.63) is 18.2 Å². The standard InChI is InChI=1S/C15H21N3O/c1-9-3-5-12(7-10(9)2)17-15-18-13-8-11(16)4-6-14(13)19-15/h4,6,8-10,12H,3,5,7,16H2,1-2H3,(H,17,18). The van der Waals surface area contributed by atoms with E-state index in [1.54, 1.807) is 0 Å². The van der Waals surface area contributed by atoms with Gasteiger partial charge in [-0.05, 0) is 49.3 Å². The van der Waals surface area contributed by atoms with Crippen molar-refractivity contribution in [1.82, 2.24) is 4.98 Å². The molecule has 0 aliphatic heterocycles. The quantitative estimate of drug-likeness (QED) is 0.808. The van der Waals surface area contributed by atoms with E-state index in [4.69, 9.17) is 10.2 Å². The molecule has 1 aromatic heterocycles. The molecule has 0 radical (unpaired) electrons. The molecule has 1 fully saturated rings. The van der Waals surface area contributed by atoms with Crippen molar-refractivity contribution in [2.75, 3.05) is 11.1 Å². The van der Waals surface area contributed by atoms with E-state index >= 15 is 0 Å². The monoisotopic (exact) mass is 259 g/mol. The SMILES string of the molecule is CC1CCC(Nc2nc3cc(N)ccc3o2)CC1C. The zero-order valence-electron chi connectivity index (χ0n) is 11.5. The molecule has 1 aliphatic rings. The van der Waals surface area contributed by atoms with Gasteiger partial charge in [0.1, 0.15) is 5.52 Å². The molecule has 2 aromatic rings. The second kappa shape index (κ2) is 4.76. The van der Waals surface area contributed by atoms with Crippen LogP contribution >= 0.6 is 0 Å². The first-order valence-electron chi connectivity index (χ1n) is 7.04. The third-order valence-electron chi connectivity index (χ3n) is 4.34. The van der Waals surface area contributed by atoms with E-state index in [1.807, 2.05) is 18.2 Å². The number of hydrogen-bond donors (Lipinski definition) is 2. The maximum absolute atomic E-state index is 5.75. The highest BCUT2D eigenvalue weighted by atomic mass is 16.4. The Morgan fingerprint density at radius 3 is 2.89 bits per heavy atom. The number of nitrogens with one attached hydrogen (secondary N) is 1. The molecule has 0 saturated heterocycles. The minimum Gasteiger partial charge on any atom is -0.424 e. The first-order chi connectivity index (χ1) is 9.11. The van der Waals surface area contributed by atoms with Crippen molar-refractivity contribution < 1.29 is 4.42 Å². The number of fused-ring (bicyclic) bond motifs is 1. The van der Waals surface area contributed by atoms with Crippen molar-refractivity contribution in [2.45, 2.75) is 39.2 Å². The number of hydrogen-bond acceptors (Lipinski definition) is 4. The van der Waals surface area contributed by atoms with Gasteiger partial charge in [-0.15, -0.1) is 0 Å². The Bertz CT molecular complexity index is 578. The Labute approximate surface area is 113 Å². The average molecular weight is 259 g/mol. The largest absolute Gasteiger partial charge is 0.424 e. The van der Waals surface area contributed by atoms with Crippen molar-refractivity contribution in [1.29, 1.82) is 0 Å². The smallest absolute Gasteiger partial charge is 0.295 e. The molecule has 3 N–H and O–H groups in total. The summed E-state index contributed by atoms with van der Waals surface area (Å²) in [7, 11) is 0. The van der Waals surface area contributed by atoms with Gasteiger partial charge in [0.25, 0.3) is 6.01 Å². The number of nitrogens with zero attached hydrogens (tertiary/aromatic N) is 1. The van der Waals surface area contributed by atoms with Crippen molar-refractivity contribution in [3.8, 4) is 0 Å². The van der Waals surface area contributed by atoms with Gasteiger partial charge in [0, 0.05) is 11.7 Å². The molecule has 1 heterocycles. The van der Waals surface area contributed by atoms with Gasteiger partial charge in [0.05, 0.1) is 0 Å². The summed E-state index contributed by atoms with van der Waals surface area (Å²) in [5.74, 6) is 1.58. The van der Waals surface area contributed by atoms with Crippen LogP contribution in [0.25, 0.3) is 11.1 Å². The van der Waals surface area contributed by atoms with E-state index < -0.39 is 0 Å². The minimum atomic E-state index is 0.469. The highest BCUT2D eigenvalue weighted by Gasteiger charge is 2.25. The molecule has 3 atom stereocenters. The van der Waals surface area contributed by atoms with Crippen LogP contribution in [0, 0.1) is 11.8 Å². The summed E-state index contributed by atoms with van der Waals surface area (Å²) >= 11 is 0. The predicted octanol–water partition coefficient (Wildman–Crippen LogP) is 3.65. The lowest BCUT2D eigenvalue weighted by Crippen LogP contribution is -2.30. The molecular weight excluding hydrogens is 238 g/mol. The summed E-state index contributed by atoms with van der Waals surface area (Å²) < 4.78 is 5.71. The average Bonchev–Trinajstić information content (AvgIpc) is 2.75. The lowest BCUT2D eigenvalue weighted by molar-refractivity contribution is 0.259. The third-order valence-corrected chi connectivity index (χ3v) is 4.34. The molecule has 19 heavy (non-hydrogen) atoms. The van der Waals surface area contributed by atoms with Crippen LogP contribution in [0.1, 0.15) is 33.1 Å².